The normalized spacial score (nSPS) is 29.6. The van der Waals surface area contributed by atoms with Crippen LogP contribution in [0.3, 0.4) is 0 Å². The van der Waals surface area contributed by atoms with Gasteiger partial charge in [-0.2, -0.15) is 5.26 Å². The van der Waals surface area contributed by atoms with Gasteiger partial charge < -0.3 is 83.1 Å². The molecule has 6 aromatic carbocycles. The van der Waals surface area contributed by atoms with E-state index in [-0.39, 0.29) is 90.3 Å². The Balaban J connectivity index is 0.000000157. The molecule has 0 radical (unpaired) electrons. The number of thioether (sulfide) groups is 2. The number of benzene rings is 6. The number of aryl methyl sites for hydroxylation is 2. The van der Waals surface area contributed by atoms with E-state index in [0.29, 0.717) is 140 Å². The molecule has 2 spiro atoms. The number of nitrogens with zero attached hydrogens (tertiary/aromatic N) is 5. The summed E-state index contributed by atoms with van der Waals surface area (Å²) < 4.78 is 60.2. The van der Waals surface area contributed by atoms with E-state index < -0.39 is 100 Å². The number of methoxy groups -OCH3 is 2. The maximum atomic E-state index is 14.7. The fourth-order valence-corrected chi connectivity index (χ4v) is 23.1. The third kappa shape index (κ3) is 10.1. The molecule has 107 heavy (non-hydrogen) atoms. The first kappa shape index (κ1) is 70.7. The second-order valence-corrected chi connectivity index (χ2v) is 31.9. The third-order valence-corrected chi connectivity index (χ3v) is 27.3. The fourth-order valence-electron chi connectivity index (χ4n) is 19.7. The highest BCUT2D eigenvalue weighted by atomic mass is 32.2. The number of phenols is 6. The van der Waals surface area contributed by atoms with Gasteiger partial charge in [-0.25, -0.2) is 9.59 Å². The Morgan fingerprint density at radius 1 is 0.561 bits per heavy atom. The first-order valence-electron chi connectivity index (χ1n) is 35.6. The van der Waals surface area contributed by atoms with Crippen LogP contribution in [0.15, 0.2) is 36.4 Å². The molecule has 14 atom stereocenters. The topological polar surface area (TPSA) is 363 Å². The number of esters is 4. The molecule has 20 rings (SSSR count). The van der Waals surface area contributed by atoms with Crippen molar-refractivity contribution in [2.24, 2.45) is 0 Å². The molecular weight excluding hydrogens is 1420 g/mol. The number of hydrogen-bond acceptors (Lipinski definition) is 30. The Morgan fingerprint density at radius 2 is 0.981 bits per heavy atom. The number of piperazine rings is 2. The fraction of sp³-hybridized carbons (Fsp3) is 0.468. The van der Waals surface area contributed by atoms with E-state index in [2.05, 4.69) is 31.4 Å². The van der Waals surface area contributed by atoms with Crippen LogP contribution in [-0.4, -0.2) is 195 Å². The lowest BCUT2D eigenvalue weighted by molar-refractivity contribution is -0.186. The molecule has 0 aliphatic carbocycles. The van der Waals surface area contributed by atoms with E-state index in [1.54, 1.807) is 45.0 Å². The Bertz CT molecular complexity index is 4920. The highest BCUT2D eigenvalue weighted by Gasteiger charge is 2.65. The highest BCUT2D eigenvalue weighted by molar-refractivity contribution is 7.99. The van der Waals surface area contributed by atoms with Crippen molar-refractivity contribution in [1.29, 1.82) is 5.26 Å². The quantitative estimate of drug-likeness (QED) is 0.0498. The molecule has 562 valence electrons. The van der Waals surface area contributed by atoms with Crippen LogP contribution in [0.1, 0.15) is 138 Å². The molecule has 30 heteroatoms. The van der Waals surface area contributed by atoms with Crippen LogP contribution < -0.4 is 48.5 Å². The minimum absolute atomic E-state index is 0.0339. The minimum atomic E-state index is -1.38. The molecule has 14 heterocycles. The Labute approximate surface area is 623 Å². The van der Waals surface area contributed by atoms with Gasteiger partial charge in [-0.15, -0.1) is 23.5 Å². The molecule has 2 unspecified atom stereocenters. The number of carbonyl (C=O) groups excluding carboxylic acids is 4. The van der Waals surface area contributed by atoms with Gasteiger partial charge in [0, 0.05) is 101 Å². The molecule has 14 aliphatic heterocycles. The van der Waals surface area contributed by atoms with Crippen molar-refractivity contribution in [3.8, 4) is 86.6 Å². The van der Waals surface area contributed by atoms with E-state index in [1.165, 1.54) is 51.6 Å². The lowest BCUT2D eigenvalue weighted by Gasteiger charge is -2.62. The largest absolute Gasteiger partial charge is 0.504 e. The van der Waals surface area contributed by atoms with E-state index in [9.17, 15) is 60.2 Å². The minimum Gasteiger partial charge on any atom is -0.504 e. The van der Waals surface area contributed by atoms with Gasteiger partial charge in [0.15, 0.2) is 80.1 Å². The van der Waals surface area contributed by atoms with Gasteiger partial charge in [0.1, 0.15) is 37.0 Å². The van der Waals surface area contributed by atoms with Crippen LogP contribution in [0.2, 0.25) is 0 Å². The van der Waals surface area contributed by atoms with Gasteiger partial charge >= 0.3 is 23.9 Å². The number of aliphatic hydroxyl groups is 1. The predicted octanol–water partition coefficient (Wildman–Crippen LogP) is 6.79. The van der Waals surface area contributed by atoms with Crippen LogP contribution in [0.4, 0.5) is 0 Å². The van der Waals surface area contributed by atoms with Crippen LogP contribution in [0, 0.1) is 39.0 Å². The van der Waals surface area contributed by atoms with Gasteiger partial charge in [0.25, 0.3) is 0 Å². The number of hydrogen-bond donors (Lipinski definition) is 9. The van der Waals surface area contributed by atoms with E-state index in [4.69, 9.17) is 47.4 Å². The van der Waals surface area contributed by atoms with Crippen molar-refractivity contribution in [1.82, 2.24) is 30.2 Å². The van der Waals surface area contributed by atoms with Crippen LogP contribution in [0.25, 0.3) is 0 Å². The standard InChI is InChI=1S/C39H40N4O10S.C38H41N3O11S/c1-16-8-20-9-22-23(12-40)43-24-13-50-38(48)39(21-11-26(49-5)25(45)10-19(21)6-7-41-39)14-54-37(31(43)30(42(22)4)27(20)33(47)32(16)46)29-28(24)36-35(51-15-52-36)17(2)34(29)53-18(3)44;1-15-8-19-9-21-36(46)41-22-12-49-37(47)38(20-11-24(48-5)23(43)10-18(20)6-7-39-38)13-53-35(29(41)28(40(21)4)25(19)31(45)30(15)44)27-26(22)34-33(50-14-51-34)16(2)32(27)52-17(3)42/h8,10-11,22-24,30-31,37,41,45-47H,6-7,9,13-15H2,1-5H3;8,10-11,21-22,28-29,35-36,39,43-46H,6-7,9,12-14H2,1-5H3/t22-,23-,24-,30+,31?,37+,39+;21-,22-,28+,29?,35+,36-,38+/m00/s1. The van der Waals surface area contributed by atoms with Gasteiger partial charge in [-0.1, -0.05) is 12.1 Å². The average molecular weight is 1500 g/mol. The summed E-state index contributed by atoms with van der Waals surface area (Å²) in [5.41, 5.74) is 7.51. The summed E-state index contributed by atoms with van der Waals surface area (Å²) in [4.78, 5) is 63.3. The summed E-state index contributed by atoms with van der Waals surface area (Å²) in [6, 6.07) is 7.55. The Kier molecular flexibility index (Phi) is 17.0. The molecular formula is C77H81N7O21S2. The third-order valence-electron chi connectivity index (χ3n) is 24.3. The number of aliphatic hydroxyl groups excluding tert-OH is 1. The van der Waals surface area contributed by atoms with Crippen molar-refractivity contribution in [3.63, 3.8) is 0 Å². The van der Waals surface area contributed by atoms with Crippen molar-refractivity contribution < 1.29 is 102 Å². The van der Waals surface area contributed by atoms with Crippen LogP contribution in [-0.2, 0) is 65.4 Å². The number of nitrogens with one attached hydrogen (secondary N) is 2. The first-order chi connectivity index (χ1) is 51.3. The molecule has 14 aliphatic rings. The number of nitriles is 1. The van der Waals surface area contributed by atoms with Gasteiger partial charge in [0.2, 0.25) is 13.6 Å². The van der Waals surface area contributed by atoms with Crippen molar-refractivity contribution >= 4 is 47.4 Å². The molecule has 8 bridgehead atoms. The number of rotatable bonds is 4. The summed E-state index contributed by atoms with van der Waals surface area (Å²) in [6.45, 7) is 10.0. The lowest BCUT2D eigenvalue weighted by atomic mass is 9.71. The maximum absolute atomic E-state index is 14.7. The number of ether oxygens (including phenoxy) is 10. The second-order valence-electron chi connectivity index (χ2n) is 29.7. The van der Waals surface area contributed by atoms with Crippen LogP contribution >= 0.6 is 23.5 Å². The SMILES string of the molecule is COc1cc2c(cc1O)CCN[C@]21CS[C@@H]2c3c(OC(C)=O)c(C)c4c(c3[C@H](COC1=O)N1C2[C@H]2c3c(cc(C)c(O)c3O)C[C@@H]([C@@H]1C#N)N2C)OCO4.COc1cc2c(cc1O)CCN[C@]21CS[C@@H]2c3c(OC(C)=O)c(C)c4c(c3[C@H](COC1=O)N1C2[C@H]2c3c(cc(C)c(O)c3O)C[C@@H]([C@@H]1O)N2C)OCO4. The molecule has 9 N–H and O–H groups in total. The summed E-state index contributed by atoms with van der Waals surface area (Å²) in [6.07, 6.45) is 0.848. The Morgan fingerprint density at radius 3 is 1.42 bits per heavy atom. The van der Waals surface area contributed by atoms with E-state index in [1.807, 2.05) is 38.1 Å². The molecule has 0 amide bonds. The zero-order valence-electron chi connectivity index (χ0n) is 60.3. The Hall–Kier alpha value is -9.29. The van der Waals surface area contributed by atoms with Crippen molar-refractivity contribution in [2.45, 2.75) is 149 Å². The van der Waals surface area contributed by atoms with Gasteiger partial charge in [0.05, 0.1) is 61.0 Å². The number of carbonyl (C=O) groups is 4. The first-order valence-corrected chi connectivity index (χ1v) is 37.7. The molecule has 0 saturated carbocycles. The summed E-state index contributed by atoms with van der Waals surface area (Å²) >= 11 is 2.87. The summed E-state index contributed by atoms with van der Waals surface area (Å²) in [5.74, 6) is -0.0781. The highest BCUT2D eigenvalue weighted by Crippen LogP contribution is 2.68. The van der Waals surface area contributed by atoms with E-state index >= 15 is 0 Å². The van der Waals surface area contributed by atoms with Crippen molar-refractivity contribution in [2.75, 3.05) is 79.7 Å². The molecule has 0 aromatic heterocycles. The van der Waals surface area contributed by atoms with E-state index in [0.717, 1.165) is 22.3 Å². The van der Waals surface area contributed by atoms with Gasteiger partial charge in [-0.05, 0) is 136 Å². The number of aromatic hydroxyl groups is 6. The lowest BCUT2D eigenvalue weighted by Crippen LogP contribution is -2.70. The maximum Gasteiger partial charge on any atom is 0.331 e. The molecule has 4 fully saturated rings. The molecule has 4 saturated heterocycles. The zero-order valence-corrected chi connectivity index (χ0v) is 61.9. The summed E-state index contributed by atoms with van der Waals surface area (Å²) in [5, 5.41) is 96.3. The van der Waals surface area contributed by atoms with Gasteiger partial charge in [-0.3, -0.25) is 39.8 Å². The smallest absolute Gasteiger partial charge is 0.331 e. The summed E-state index contributed by atoms with van der Waals surface area (Å²) in [7, 11) is 6.75. The predicted molar refractivity (Wildman–Crippen MR) is 383 cm³/mol. The second kappa shape index (κ2) is 25.7. The number of likely N-dealkylation sites (N-methyl/N-ethyl adjacent to an activating group) is 2. The van der Waals surface area contributed by atoms with Crippen molar-refractivity contribution in [3.05, 3.63) is 125 Å². The van der Waals surface area contributed by atoms with Crippen LogP contribution in [0.5, 0.6) is 80.5 Å². The average Bonchev–Trinajstić information content (AvgIpc) is 1.63. The molecule has 6 aromatic rings. The number of fused-ring (bicyclic) bond motifs is 18. The molecule has 28 nitrogen and oxygen atoms in total. The monoisotopic (exact) mass is 1500 g/mol. The zero-order chi connectivity index (χ0) is 75.2. The number of phenolic OH excluding ortho intramolecular Hbond substituents is 6.